The molecule has 0 saturated carbocycles. The Morgan fingerprint density at radius 3 is 2.96 bits per heavy atom. The van der Waals surface area contributed by atoms with E-state index in [-0.39, 0.29) is 16.7 Å². The van der Waals surface area contributed by atoms with E-state index < -0.39 is 0 Å². The largest absolute Gasteiger partial charge is 0.465 e. The van der Waals surface area contributed by atoms with Crippen molar-refractivity contribution in [3.8, 4) is 0 Å². The fourth-order valence-electron chi connectivity index (χ4n) is 3.40. The van der Waals surface area contributed by atoms with Crippen molar-refractivity contribution in [3.05, 3.63) is 80.9 Å². The van der Waals surface area contributed by atoms with Crippen LogP contribution in [0, 0.1) is 10.1 Å². The number of benzene rings is 1. The molecule has 0 unspecified atom stereocenters. The molecular formula is C18H17N3O3. The average Bonchev–Trinajstić information content (AvgIpc) is 3.25. The molecule has 6 heteroatoms. The average molecular weight is 323 g/mol. The van der Waals surface area contributed by atoms with Crippen LogP contribution in [0.1, 0.15) is 36.6 Å². The second-order valence-electron chi connectivity index (χ2n) is 5.99. The first-order valence-electron chi connectivity index (χ1n) is 7.96. The van der Waals surface area contributed by atoms with Gasteiger partial charge in [-0.1, -0.05) is 12.1 Å². The molecule has 0 spiro atoms. The van der Waals surface area contributed by atoms with Gasteiger partial charge in [-0.25, -0.2) is 5.43 Å². The van der Waals surface area contributed by atoms with Gasteiger partial charge >= 0.3 is 0 Å². The van der Waals surface area contributed by atoms with Crippen molar-refractivity contribution < 1.29 is 9.34 Å². The summed E-state index contributed by atoms with van der Waals surface area (Å²) in [6, 6.07) is 10.6. The Kier molecular flexibility index (Phi) is 3.66. The fourth-order valence-corrected chi connectivity index (χ4v) is 3.40. The van der Waals surface area contributed by atoms with Gasteiger partial charge in [0.1, 0.15) is 5.76 Å². The minimum Gasteiger partial charge on any atom is -0.465 e. The van der Waals surface area contributed by atoms with E-state index in [1.807, 2.05) is 18.2 Å². The Labute approximate surface area is 139 Å². The summed E-state index contributed by atoms with van der Waals surface area (Å²) in [5.74, 6) is 0.833. The van der Waals surface area contributed by atoms with Crippen LogP contribution in [0.15, 0.2) is 63.9 Å². The van der Waals surface area contributed by atoms with Gasteiger partial charge < -0.3 is 9.84 Å². The molecule has 2 aromatic rings. The van der Waals surface area contributed by atoms with Crippen LogP contribution in [0.4, 0.5) is 5.69 Å². The highest BCUT2D eigenvalue weighted by Gasteiger charge is 2.31. The molecule has 2 N–H and O–H groups in total. The molecule has 0 radical (unpaired) electrons. The zero-order chi connectivity index (χ0) is 16.5. The van der Waals surface area contributed by atoms with E-state index in [1.165, 1.54) is 17.2 Å². The Hall–Kier alpha value is -2.86. The third-order valence-corrected chi connectivity index (χ3v) is 4.50. The number of hydrogen-bond donors (Lipinski definition) is 2. The van der Waals surface area contributed by atoms with Gasteiger partial charge in [-0.05, 0) is 54.2 Å². The quantitative estimate of drug-likeness (QED) is 0.662. The van der Waals surface area contributed by atoms with E-state index in [2.05, 4.69) is 16.9 Å². The van der Waals surface area contributed by atoms with Gasteiger partial charge in [-0.3, -0.25) is 10.1 Å². The first-order chi connectivity index (χ1) is 11.7. The highest BCUT2D eigenvalue weighted by Crippen LogP contribution is 2.39. The van der Waals surface area contributed by atoms with Crippen LogP contribution in [0.2, 0.25) is 0 Å². The number of hydrazine groups is 1. The van der Waals surface area contributed by atoms with Gasteiger partial charge in [0, 0.05) is 12.1 Å². The molecule has 1 aliphatic carbocycles. The topological polar surface area (TPSA) is 80.3 Å². The minimum atomic E-state index is -0.357. The molecule has 2 aliphatic rings. The lowest BCUT2D eigenvalue weighted by atomic mass is 9.86. The van der Waals surface area contributed by atoms with Crippen molar-refractivity contribution in [2.75, 3.05) is 0 Å². The summed E-state index contributed by atoms with van der Waals surface area (Å²) < 4.78 is 5.42. The number of rotatable bonds is 3. The molecule has 6 nitrogen and oxygen atoms in total. The normalized spacial score (nSPS) is 21.7. The number of nitrogens with zero attached hydrogens (tertiary/aromatic N) is 1. The van der Waals surface area contributed by atoms with Crippen LogP contribution in [-0.2, 0) is 0 Å². The Morgan fingerprint density at radius 2 is 2.17 bits per heavy atom. The number of allylic oxidation sites excluding steroid dienone is 1. The fraction of sp³-hybridized carbons (Fsp3) is 0.222. The van der Waals surface area contributed by atoms with Crippen LogP contribution in [-0.4, -0.2) is 4.92 Å². The van der Waals surface area contributed by atoms with E-state index >= 15 is 0 Å². The molecule has 2 heterocycles. The molecule has 0 fully saturated rings. The monoisotopic (exact) mass is 323 g/mol. The van der Waals surface area contributed by atoms with Crippen LogP contribution in [0.5, 0.6) is 0 Å². The molecule has 1 aromatic carbocycles. The molecule has 122 valence electrons. The van der Waals surface area contributed by atoms with Crippen LogP contribution < -0.4 is 10.9 Å². The van der Waals surface area contributed by atoms with Crippen LogP contribution in [0.25, 0.3) is 6.08 Å². The zero-order valence-electron chi connectivity index (χ0n) is 13.0. The summed E-state index contributed by atoms with van der Waals surface area (Å²) >= 11 is 0. The van der Waals surface area contributed by atoms with Crippen molar-refractivity contribution >= 4 is 11.8 Å². The van der Waals surface area contributed by atoms with E-state index in [9.17, 15) is 10.1 Å². The highest BCUT2D eigenvalue weighted by atomic mass is 16.6. The Bertz CT molecular complexity index is 837. The molecule has 0 bridgehead atoms. The van der Waals surface area contributed by atoms with Crippen molar-refractivity contribution in [2.24, 2.45) is 0 Å². The predicted molar refractivity (Wildman–Crippen MR) is 89.7 cm³/mol. The number of non-ortho nitro benzene ring substituents is 1. The summed E-state index contributed by atoms with van der Waals surface area (Å²) in [7, 11) is 0. The van der Waals surface area contributed by atoms with Gasteiger partial charge in [-0.15, -0.1) is 0 Å². The number of hydrogen-bond acceptors (Lipinski definition) is 5. The second kappa shape index (κ2) is 5.98. The maximum absolute atomic E-state index is 11.0. The lowest BCUT2D eigenvalue weighted by Crippen LogP contribution is -2.27. The molecule has 24 heavy (non-hydrogen) atoms. The van der Waals surface area contributed by atoms with E-state index in [0.717, 1.165) is 36.3 Å². The molecular weight excluding hydrogens is 306 g/mol. The summed E-state index contributed by atoms with van der Waals surface area (Å²) in [5, 5.41) is 11.0. The maximum Gasteiger partial charge on any atom is 0.269 e. The molecule has 4 rings (SSSR count). The number of nitro benzene ring substituents is 1. The summed E-state index contributed by atoms with van der Waals surface area (Å²) in [4.78, 5) is 10.7. The van der Waals surface area contributed by atoms with Gasteiger partial charge in [-0.2, -0.15) is 0 Å². The predicted octanol–water partition coefficient (Wildman–Crippen LogP) is 3.86. The number of nitro groups is 1. The van der Waals surface area contributed by atoms with E-state index in [0.29, 0.717) is 0 Å². The Morgan fingerprint density at radius 1 is 1.25 bits per heavy atom. The third kappa shape index (κ3) is 2.61. The van der Waals surface area contributed by atoms with Gasteiger partial charge in [0.15, 0.2) is 0 Å². The number of nitrogens with one attached hydrogen (secondary N) is 2. The highest BCUT2D eigenvalue weighted by molar-refractivity contribution is 5.58. The van der Waals surface area contributed by atoms with Crippen molar-refractivity contribution in [1.82, 2.24) is 10.9 Å². The molecule has 0 amide bonds. The lowest BCUT2D eigenvalue weighted by molar-refractivity contribution is -0.384. The van der Waals surface area contributed by atoms with Gasteiger partial charge in [0.05, 0.1) is 22.9 Å². The first-order valence-corrected chi connectivity index (χ1v) is 7.96. The first kappa shape index (κ1) is 14.7. The third-order valence-electron chi connectivity index (χ3n) is 4.50. The smallest absolute Gasteiger partial charge is 0.269 e. The van der Waals surface area contributed by atoms with Crippen molar-refractivity contribution in [3.63, 3.8) is 0 Å². The molecule has 1 atom stereocenters. The standard InChI is InChI=1S/C18H17N3O3/c22-21(23)14-6-1-4-12(10-14)17-16-8-2-5-13(18(16)20-19-17)11-15-7-3-9-24-15/h1,3-4,6-7,9-11,17,19-20H,2,5,8H2/b13-11+/t17-/m1/s1. The summed E-state index contributed by atoms with van der Waals surface area (Å²) in [5.41, 5.74) is 11.1. The van der Waals surface area contributed by atoms with Gasteiger partial charge in [0.25, 0.3) is 5.69 Å². The zero-order valence-corrected chi connectivity index (χ0v) is 13.0. The molecule has 1 aliphatic heterocycles. The van der Waals surface area contributed by atoms with Crippen molar-refractivity contribution in [1.29, 1.82) is 0 Å². The minimum absolute atomic E-state index is 0.0415. The van der Waals surface area contributed by atoms with Gasteiger partial charge in [0.2, 0.25) is 0 Å². The van der Waals surface area contributed by atoms with E-state index in [1.54, 1.807) is 18.4 Å². The van der Waals surface area contributed by atoms with E-state index in [4.69, 9.17) is 4.42 Å². The summed E-state index contributed by atoms with van der Waals surface area (Å²) in [6.45, 7) is 0. The maximum atomic E-state index is 11.0. The lowest BCUT2D eigenvalue weighted by Gasteiger charge is -2.19. The van der Waals surface area contributed by atoms with Crippen molar-refractivity contribution in [2.45, 2.75) is 25.3 Å². The SMILES string of the molecule is O=[N+]([O-])c1cccc([C@H]2NNC3=C2CCC/C3=C\c2ccco2)c1. The molecule has 1 aromatic heterocycles. The second-order valence-corrected chi connectivity index (χ2v) is 5.99. The Balaban J connectivity index is 1.69. The summed E-state index contributed by atoms with van der Waals surface area (Å²) in [6.07, 6.45) is 6.73. The van der Waals surface area contributed by atoms with Crippen LogP contribution in [0.3, 0.4) is 0 Å². The molecule has 0 saturated heterocycles. The van der Waals surface area contributed by atoms with Crippen LogP contribution >= 0.6 is 0 Å². The number of furan rings is 1.